The fourth-order valence-electron chi connectivity index (χ4n) is 4.15. The van der Waals surface area contributed by atoms with E-state index in [0.29, 0.717) is 13.0 Å². The van der Waals surface area contributed by atoms with Crippen molar-refractivity contribution in [2.75, 3.05) is 44.2 Å². The average molecular weight is 388 g/mol. The van der Waals surface area contributed by atoms with Crippen LogP contribution in [0.1, 0.15) is 32.6 Å². The van der Waals surface area contributed by atoms with Crippen molar-refractivity contribution in [3.8, 4) is 0 Å². The van der Waals surface area contributed by atoms with Crippen molar-refractivity contribution in [3.05, 3.63) is 30.3 Å². The minimum atomic E-state index is 0.0233. The predicted molar refractivity (Wildman–Crippen MR) is 111 cm³/mol. The number of nitrogens with one attached hydrogen (secondary N) is 3. The molecule has 3 rings (SSSR count). The van der Waals surface area contributed by atoms with E-state index in [2.05, 4.69) is 57.2 Å². The fraction of sp³-hybridized carbons (Fsp3) is 0.619. The van der Waals surface area contributed by atoms with Gasteiger partial charge in [-0.05, 0) is 44.9 Å². The molecule has 2 saturated heterocycles. The van der Waals surface area contributed by atoms with Gasteiger partial charge in [0.05, 0.1) is 5.92 Å². The normalized spacial score (nSPS) is 23.1. The third kappa shape index (κ3) is 5.69. The van der Waals surface area contributed by atoms with Crippen LogP contribution in [-0.4, -0.2) is 62.0 Å². The van der Waals surface area contributed by atoms with E-state index in [4.69, 9.17) is 0 Å². The number of hydrogen-bond acceptors (Lipinski definition) is 5. The molecule has 0 radical (unpaired) electrons. The summed E-state index contributed by atoms with van der Waals surface area (Å²) in [5, 5.41) is 3.13. The number of nitrogens with zero attached hydrogens (tertiary/aromatic N) is 2. The first-order valence-corrected chi connectivity index (χ1v) is 10.5. The molecular weight excluding hydrogens is 354 g/mol. The minimum absolute atomic E-state index is 0.0233. The van der Waals surface area contributed by atoms with Crippen LogP contribution >= 0.6 is 0 Å². The number of rotatable bonds is 8. The maximum Gasteiger partial charge on any atom is 0.235 e. The van der Waals surface area contributed by atoms with Gasteiger partial charge in [-0.1, -0.05) is 18.2 Å². The van der Waals surface area contributed by atoms with E-state index in [1.165, 1.54) is 5.69 Å². The predicted octanol–water partition coefficient (Wildman–Crippen LogP) is 1.12. The maximum absolute atomic E-state index is 12.6. The Bertz CT molecular complexity index is 639. The second-order valence-electron chi connectivity index (χ2n) is 7.68. The Balaban J connectivity index is 1.40. The van der Waals surface area contributed by atoms with Crippen LogP contribution in [-0.2, 0) is 9.59 Å². The fourth-order valence-corrected chi connectivity index (χ4v) is 4.15. The summed E-state index contributed by atoms with van der Waals surface area (Å²) in [7, 11) is 0. The number of carbonyl (C=O) groups excluding carboxylic acids is 2. The molecule has 3 N–H and O–H groups in total. The Kier molecular flexibility index (Phi) is 7.68. The van der Waals surface area contributed by atoms with E-state index in [0.717, 1.165) is 52.0 Å². The zero-order chi connectivity index (χ0) is 19.8. The third-order valence-corrected chi connectivity index (χ3v) is 5.73. The minimum Gasteiger partial charge on any atom is -0.372 e. The third-order valence-electron chi connectivity index (χ3n) is 5.73. The highest BCUT2D eigenvalue weighted by molar-refractivity contribution is 5.79. The van der Waals surface area contributed by atoms with Gasteiger partial charge in [0, 0.05) is 50.9 Å². The van der Waals surface area contributed by atoms with Crippen LogP contribution in [0.15, 0.2) is 30.3 Å². The Labute approximate surface area is 167 Å². The molecule has 0 spiro atoms. The van der Waals surface area contributed by atoms with E-state index in [9.17, 15) is 9.59 Å². The van der Waals surface area contributed by atoms with Gasteiger partial charge in [-0.3, -0.25) is 19.9 Å². The summed E-state index contributed by atoms with van der Waals surface area (Å²) in [6, 6.07) is 10.6. The summed E-state index contributed by atoms with van der Waals surface area (Å²) in [5.74, 6) is 0.206. The molecule has 7 heteroatoms. The second kappa shape index (κ2) is 10.4. The van der Waals surface area contributed by atoms with Crippen LogP contribution in [0.3, 0.4) is 0 Å². The van der Waals surface area contributed by atoms with Crippen LogP contribution in [0.5, 0.6) is 0 Å². The average Bonchev–Trinajstić information content (AvgIpc) is 2.74. The zero-order valence-electron chi connectivity index (χ0n) is 16.8. The van der Waals surface area contributed by atoms with Crippen molar-refractivity contribution in [1.82, 2.24) is 21.1 Å². The Hall–Kier alpha value is -2.12. The molecule has 2 aliphatic rings. The standard InChI is InChI=1S/C21H33N5O2/c1-2-25(18-9-4-3-5-10-18)13-7-11-22-21(28)17-8-6-12-26(16-17)19-14-20(27)24-23-15-19/h3-5,9-10,17,19,23H,2,6-8,11-16H2,1H3,(H,22,28)(H,24,27). The van der Waals surface area contributed by atoms with Gasteiger partial charge in [0.2, 0.25) is 11.8 Å². The first-order valence-electron chi connectivity index (χ1n) is 10.5. The monoisotopic (exact) mass is 387 g/mol. The number of piperidine rings is 1. The molecule has 7 nitrogen and oxygen atoms in total. The van der Waals surface area contributed by atoms with Crippen molar-refractivity contribution >= 4 is 17.5 Å². The molecule has 1 aromatic rings. The van der Waals surface area contributed by atoms with Gasteiger partial charge in [-0.25, -0.2) is 5.43 Å². The number of hydrogen-bond donors (Lipinski definition) is 3. The highest BCUT2D eigenvalue weighted by Gasteiger charge is 2.32. The van der Waals surface area contributed by atoms with Gasteiger partial charge in [-0.2, -0.15) is 0 Å². The van der Waals surface area contributed by atoms with E-state index < -0.39 is 0 Å². The van der Waals surface area contributed by atoms with Crippen LogP contribution in [0.25, 0.3) is 0 Å². The maximum atomic E-state index is 12.6. The van der Waals surface area contributed by atoms with Crippen molar-refractivity contribution in [3.63, 3.8) is 0 Å². The van der Waals surface area contributed by atoms with Gasteiger partial charge in [0.1, 0.15) is 0 Å². The first kappa shape index (κ1) is 20.6. The first-order chi connectivity index (χ1) is 13.7. The molecule has 0 saturated carbocycles. The summed E-state index contributed by atoms with van der Waals surface area (Å²) >= 11 is 0. The lowest BCUT2D eigenvalue weighted by atomic mass is 9.94. The molecule has 2 heterocycles. The Morgan fingerprint density at radius 1 is 1.32 bits per heavy atom. The molecule has 0 aromatic heterocycles. The lowest BCUT2D eigenvalue weighted by molar-refractivity contribution is -0.128. The Morgan fingerprint density at radius 2 is 2.14 bits per heavy atom. The van der Waals surface area contributed by atoms with E-state index in [1.54, 1.807) is 0 Å². The summed E-state index contributed by atoms with van der Waals surface area (Å²) in [5.41, 5.74) is 6.82. The van der Waals surface area contributed by atoms with Crippen LogP contribution in [0.4, 0.5) is 5.69 Å². The Morgan fingerprint density at radius 3 is 2.89 bits per heavy atom. The van der Waals surface area contributed by atoms with Crippen LogP contribution in [0.2, 0.25) is 0 Å². The topological polar surface area (TPSA) is 76.7 Å². The van der Waals surface area contributed by atoms with Crippen molar-refractivity contribution < 1.29 is 9.59 Å². The summed E-state index contributed by atoms with van der Waals surface area (Å²) < 4.78 is 0. The van der Waals surface area contributed by atoms with Gasteiger partial charge in [0.25, 0.3) is 0 Å². The SMILES string of the molecule is CCN(CCCNC(=O)C1CCCN(C2CNNC(=O)C2)C1)c1ccccc1. The number of carbonyl (C=O) groups is 2. The highest BCUT2D eigenvalue weighted by atomic mass is 16.2. The smallest absolute Gasteiger partial charge is 0.235 e. The molecule has 2 aliphatic heterocycles. The van der Waals surface area contributed by atoms with Gasteiger partial charge >= 0.3 is 0 Å². The van der Waals surface area contributed by atoms with Crippen molar-refractivity contribution in [2.45, 2.75) is 38.6 Å². The molecule has 0 bridgehead atoms. The summed E-state index contributed by atoms with van der Waals surface area (Å²) in [4.78, 5) is 28.9. The van der Waals surface area contributed by atoms with E-state index in [-0.39, 0.29) is 23.8 Å². The quantitative estimate of drug-likeness (QED) is 0.583. The molecule has 2 fully saturated rings. The van der Waals surface area contributed by atoms with Crippen LogP contribution < -0.4 is 21.1 Å². The van der Waals surface area contributed by atoms with Crippen molar-refractivity contribution in [2.24, 2.45) is 5.92 Å². The molecule has 1 aromatic carbocycles. The van der Waals surface area contributed by atoms with Gasteiger partial charge in [-0.15, -0.1) is 0 Å². The highest BCUT2D eigenvalue weighted by Crippen LogP contribution is 2.20. The van der Waals surface area contributed by atoms with Crippen molar-refractivity contribution in [1.29, 1.82) is 0 Å². The summed E-state index contributed by atoms with van der Waals surface area (Å²) in [6.45, 7) is 7.20. The molecule has 0 aliphatic carbocycles. The molecule has 28 heavy (non-hydrogen) atoms. The number of likely N-dealkylation sites (tertiary alicyclic amines) is 1. The number of hydrazine groups is 1. The lowest BCUT2D eigenvalue weighted by Crippen LogP contribution is -2.57. The molecule has 2 amide bonds. The second-order valence-corrected chi connectivity index (χ2v) is 7.68. The molecule has 154 valence electrons. The zero-order valence-corrected chi connectivity index (χ0v) is 16.8. The molecular formula is C21H33N5O2. The number of amides is 2. The molecule has 2 unspecified atom stereocenters. The lowest BCUT2D eigenvalue weighted by Gasteiger charge is -2.39. The summed E-state index contributed by atoms with van der Waals surface area (Å²) in [6.07, 6.45) is 3.37. The van der Waals surface area contributed by atoms with Crippen LogP contribution in [0, 0.1) is 5.92 Å². The van der Waals surface area contributed by atoms with Gasteiger partial charge in [0.15, 0.2) is 0 Å². The van der Waals surface area contributed by atoms with E-state index >= 15 is 0 Å². The van der Waals surface area contributed by atoms with E-state index in [1.807, 2.05) is 6.07 Å². The molecule has 2 atom stereocenters. The van der Waals surface area contributed by atoms with Gasteiger partial charge < -0.3 is 10.2 Å². The number of para-hydroxylation sites is 1. The number of anilines is 1. The number of benzene rings is 1. The largest absolute Gasteiger partial charge is 0.372 e.